The zero-order chi connectivity index (χ0) is 13.1. The summed E-state index contributed by atoms with van der Waals surface area (Å²) in [5, 5.41) is 9.29. The fraction of sp³-hybridized carbons (Fsp3) is 0.462. The zero-order valence-corrected chi connectivity index (χ0v) is 12.3. The number of rotatable bonds is 5. The van der Waals surface area contributed by atoms with Crippen LogP contribution in [0.3, 0.4) is 0 Å². The summed E-state index contributed by atoms with van der Waals surface area (Å²) in [5.74, 6) is 0. The van der Waals surface area contributed by atoms with Crippen LogP contribution in [0.25, 0.3) is 5.65 Å². The van der Waals surface area contributed by atoms with Gasteiger partial charge < -0.3 is 14.4 Å². The van der Waals surface area contributed by atoms with Crippen LogP contribution in [0.1, 0.15) is 19.0 Å². The Morgan fingerprint density at radius 2 is 2.28 bits per heavy atom. The zero-order valence-electron chi connectivity index (χ0n) is 10.7. The maximum atomic E-state index is 9.29. The highest BCUT2D eigenvalue weighted by molar-refractivity contribution is 9.10. The third kappa shape index (κ3) is 3.31. The van der Waals surface area contributed by atoms with E-state index in [1.165, 1.54) is 0 Å². The molecule has 2 aromatic rings. The van der Waals surface area contributed by atoms with Gasteiger partial charge >= 0.3 is 0 Å². The highest BCUT2D eigenvalue weighted by atomic mass is 79.9. The van der Waals surface area contributed by atoms with Crippen LogP contribution in [0.5, 0.6) is 0 Å². The molecule has 0 aromatic carbocycles. The first-order chi connectivity index (χ1) is 8.56. The average molecular weight is 312 g/mol. The molecule has 0 aliphatic heterocycles. The lowest BCUT2D eigenvalue weighted by molar-refractivity contribution is 0.162. The summed E-state index contributed by atoms with van der Waals surface area (Å²) in [6, 6.07) is 3.98. The fourth-order valence-corrected chi connectivity index (χ4v) is 2.22. The molecule has 0 fully saturated rings. The molecule has 0 radical (unpaired) electrons. The van der Waals surface area contributed by atoms with Crippen LogP contribution in [0, 0.1) is 0 Å². The van der Waals surface area contributed by atoms with Crippen molar-refractivity contribution in [1.29, 1.82) is 0 Å². The van der Waals surface area contributed by atoms with Crippen LogP contribution in [0.15, 0.2) is 29.0 Å². The second kappa shape index (κ2) is 5.82. The summed E-state index contributed by atoms with van der Waals surface area (Å²) in [4.78, 5) is 6.57. The Labute approximate surface area is 115 Å². The lowest BCUT2D eigenvalue weighted by Gasteiger charge is -2.17. The molecule has 0 saturated carbocycles. The predicted molar refractivity (Wildman–Crippen MR) is 75.5 cm³/mol. The molecule has 98 valence electrons. The van der Waals surface area contributed by atoms with Crippen molar-refractivity contribution in [2.24, 2.45) is 0 Å². The van der Waals surface area contributed by atoms with E-state index in [1.54, 1.807) is 0 Å². The van der Waals surface area contributed by atoms with E-state index < -0.39 is 0 Å². The molecule has 2 heterocycles. The molecule has 5 heteroatoms. The van der Waals surface area contributed by atoms with Crippen molar-refractivity contribution in [3.05, 3.63) is 34.7 Å². The molecule has 1 unspecified atom stereocenters. The Hall–Kier alpha value is -0.910. The van der Waals surface area contributed by atoms with Crippen molar-refractivity contribution in [2.75, 3.05) is 13.6 Å². The second-order valence-corrected chi connectivity index (χ2v) is 5.62. The maximum Gasteiger partial charge on any atom is 0.136 e. The number of imidazole rings is 1. The molecule has 2 aromatic heterocycles. The molecule has 0 bridgehead atoms. The van der Waals surface area contributed by atoms with Gasteiger partial charge in [0.25, 0.3) is 0 Å². The molecule has 0 aliphatic carbocycles. The first kappa shape index (κ1) is 13.5. The molecule has 4 nitrogen and oxygen atoms in total. The topological polar surface area (TPSA) is 40.8 Å². The Bertz CT molecular complexity index is 524. The van der Waals surface area contributed by atoms with Gasteiger partial charge in [-0.3, -0.25) is 0 Å². The van der Waals surface area contributed by atoms with E-state index in [1.807, 2.05) is 31.5 Å². The van der Waals surface area contributed by atoms with Crippen LogP contribution in [-0.2, 0) is 6.54 Å². The number of aromatic nitrogens is 2. The molecule has 18 heavy (non-hydrogen) atoms. The lowest BCUT2D eigenvalue weighted by Crippen LogP contribution is -2.22. The molecule has 0 saturated heterocycles. The van der Waals surface area contributed by atoms with E-state index >= 15 is 0 Å². The van der Waals surface area contributed by atoms with Gasteiger partial charge in [0.1, 0.15) is 5.65 Å². The molecule has 0 aliphatic rings. The van der Waals surface area contributed by atoms with E-state index in [-0.39, 0.29) is 6.10 Å². The van der Waals surface area contributed by atoms with Crippen LogP contribution in [0.2, 0.25) is 0 Å². The van der Waals surface area contributed by atoms with E-state index in [0.29, 0.717) is 0 Å². The van der Waals surface area contributed by atoms with Gasteiger partial charge in [-0.2, -0.15) is 0 Å². The summed E-state index contributed by atoms with van der Waals surface area (Å²) >= 11 is 3.47. The number of halogens is 1. The second-order valence-electron chi connectivity index (χ2n) is 4.70. The van der Waals surface area contributed by atoms with Crippen LogP contribution in [-0.4, -0.2) is 39.1 Å². The normalized spacial score (nSPS) is 13.4. The highest BCUT2D eigenvalue weighted by Gasteiger charge is 2.07. The van der Waals surface area contributed by atoms with Gasteiger partial charge in [-0.05, 0) is 48.5 Å². The number of aliphatic hydroxyl groups excluding tert-OH is 1. The van der Waals surface area contributed by atoms with E-state index in [2.05, 4.69) is 37.3 Å². The van der Waals surface area contributed by atoms with Gasteiger partial charge in [0.15, 0.2) is 0 Å². The first-order valence-electron chi connectivity index (χ1n) is 6.04. The first-order valence-corrected chi connectivity index (χ1v) is 6.83. The molecule has 0 spiro atoms. The van der Waals surface area contributed by atoms with E-state index in [9.17, 15) is 5.11 Å². The van der Waals surface area contributed by atoms with Gasteiger partial charge in [-0.25, -0.2) is 4.98 Å². The summed E-state index contributed by atoms with van der Waals surface area (Å²) in [6.45, 7) is 3.52. The van der Waals surface area contributed by atoms with Crippen molar-refractivity contribution >= 4 is 21.6 Å². The summed E-state index contributed by atoms with van der Waals surface area (Å²) in [7, 11) is 2.06. The van der Waals surface area contributed by atoms with Gasteiger partial charge in [0.2, 0.25) is 0 Å². The SMILES string of the molecule is CC(O)CCN(C)Cc1cnc2ccc(Br)cn12. The minimum atomic E-state index is -0.247. The third-order valence-electron chi connectivity index (χ3n) is 2.91. The van der Waals surface area contributed by atoms with Gasteiger partial charge in [-0.1, -0.05) is 0 Å². The quantitative estimate of drug-likeness (QED) is 0.921. The van der Waals surface area contributed by atoms with Crippen molar-refractivity contribution in [1.82, 2.24) is 14.3 Å². The smallest absolute Gasteiger partial charge is 0.136 e. The van der Waals surface area contributed by atoms with Crippen molar-refractivity contribution in [3.63, 3.8) is 0 Å². The number of fused-ring (bicyclic) bond motifs is 1. The van der Waals surface area contributed by atoms with Gasteiger partial charge in [0, 0.05) is 23.8 Å². The highest BCUT2D eigenvalue weighted by Crippen LogP contribution is 2.14. The Balaban J connectivity index is 2.09. The molecule has 1 N–H and O–H groups in total. The van der Waals surface area contributed by atoms with Crippen molar-refractivity contribution < 1.29 is 5.11 Å². The number of pyridine rings is 1. The molecular formula is C13H18BrN3O. The molecule has 0 amide bonds. The number of aliphatic hydroxyl groups is 1. The monoisotopic (exact) mass is 311 g/mol. The van der Waals surface area contributed by atoms with Crippen LogP contribution < -0.4 is 0 Å². The molecule has 2 rings (SSSR count). The summed E-state index contributed by atoms with van der Waals surface area (Å²) in [5.41, 5.74) is 2.11. The molecule has 1 atom stereocenters. The Morgan fingerprint density at radius 1 is 1.50 bits per heavy atom. The van der Waals surface area contributed by atoms with Crippen molar-refractivity contribution in [2.45, 2.75) is 26.0 Å². The predicted octanol–water partition coefficient (Wildman–Crippen LogP) is 2.30. The van der Waals surface area contributed by atoms with Crippen LogP contribution in [0.4, 0.5) is 0 Å². The maximum absolute atomic E-state index is 9.29. The largest absolute Gasteiger partial charge is 0.393 e. The number of hydrogen-bond acceptors (Lipinski definition) is 3. The Kier molecular flexibility index (Phi) is 4.37. The number of nitrogens with zero attached hydrogens (tertiary/aromatic N) is 3. The van der Waals surface area contributed by atoms with E-state index in [4.69, 9.17) is 0 Å². The lowest BCUT2D eigenvalue weighted by atomic mass is 10.2. The fourth-order valence-electron chi connectivity index (χ4n) is 1.88. The minimum Gasteiger partial charge on any atom is -0.393 e. The molecular weight excluding hydrogens is 294 g/mol. The van der Waals surface area contributed by atoms with Crippen molar-refractivity contribution in [3.8, 4) is 0 Å². The van der Waals surface area contributed by atoms with E-state index in [0.717, 1.165) is 35.3 Å². The van der Waals surface area contributed by atoms with Crippen LogP contribution >= 0.6 is 15.9 Å². The third-order valence-corrected chi connectivity index (χ3v) is 3.38. The standard InChI is InChI=1S/C13H18BrN3O/c1-10(18)5-6-16(2)9-12-7-15-13-4-3-11(14)8-17(12)13/h3-4,7-8,10,18H,5-6,9H2,1-2H3. The van der Waals surface area contributed by atoms with Gasteiger partial charge in [-0.15, -0.1) is 0 Å². The minimum absolute atomic E-state index is 0.247. The summed E-state index contributed by atoms with van der Waals surface area (Å²) < 4.78 is 3.13. The Morgan fingerprint density at radius 3 is 3.00 bits per heavy atom. The summed E-state index contributed by atoms with van der Waals surface area (Å²) in [6.07, 6.45) is 4.47. The van der Waals surface area contributed by atoms with Gasteiger partial charge in [0.05, 0.1) is 18.0 Å². The average Bonchev–Trinajstić information content (AvgIpc) is 2.69. The number of hydrogen-bond donors (Lipinski definition) is 1.